The molecule has 0 fully saturated rings. The number of aliphatic hydroxyl groups is 2. The molecule has 0 heterocycles. The van der Waals surface area contributed by atoms with Crippen molar-refractivity contribution < 1.29 is 10.2 Å². The van der Waals surface area contributed by atoms with Crippen LogP contribution >= 0.6 is 0 Å². The third-order valence-corrected chi connectivity index (χ3v) is 2.76. The van der Waals surface area contributed by atoms with Crippen LogP contribution in [0, 0.1) is 5.92 Å². The molecule has 80 valence electrons. The minimum absolute atomic E-state index is 0.153. The Bertz CT molecular complexity index is 239. The van der Waals surface area contributed by atoms with Gasteiger partial charge in [0.2, 0.25) is 0 Å². The number of allylic oxidation sites excluding steroid dienone is 2. The van der Waals surface area contributed by atoms with Gasteiger partial charge in [-0.05, 0) is 25.3 Å². The van der Waals surface area contributed by atoms with Crippen LogP contribution in [0.25, 0.3) is 0 Å². The number of unbranched alkanes of at least 4 members (excludes halogenated alkanes) is 1. The van der Waals surface area contributed by atoms with Crippen LogP contribution in [-0.4, -0.2) is 16.0 Å². The average molecular weight is 196 g/mol. The van der Waals surface area contributed by atoms with Gasteiger partial charge in [-0.2, -0.15) is 0 Å². The normalized spacial score (nSPS) is 24.9. The first-order chi connectivity index (χ1) is 6.60. The Morgan fingerprint density at radius 2 is 2.07 bits per heavy atom. The largest absolute Gasteiger partial charge is 0.362 e. The topological polar surface area (TPSA) is 40.5 Å². The minimum atomic E-state index is -1.63. The lowest BCUT2D eigenvalue weighted by Crippen LogP contribution is -2.35. The molecule has 0 radical (unpaired) electrons. The zero-order valence-corrected chi connectivity index (χ0v) is 9.03. The Balaban J connectivity index is 2.64. The SMILES string of the molecule is CCCCC1=CC(CC)C(O)(O)C=C1. The van der Waals surface area contributed by atoms with Crippen molar-refractivity contribution in [2.45, 2.75) is 45.3 Å². The van der Waals surface area contributed by atoms with Gasteiger partial charge in [0.05, 0.1) is 0 Å². The summed E-state index contributed by atoms with van der Waals surface area (Å²) in [5.41, 5.74) is 1.23. The summed E-state index contributed by atoms with van der Waals surface area (Å²) in [7, 11) is 0. The summed E-state index contributed by atoms with van der Waals surface area (Å²) in [6.07, 6.45) is 9.47. The predicted molar refractivity (Wildman–Crippen MR) is 57.7 cm³/mol. The first-order valence-corrected chi connectivity index (χ1v) is 5.44. The van der Waals surface area contributed by atoms with Crippen LogP contribution in [0.4, 0.5) is 0 Å². The fourth-order valence-corrected chi connectivity index (χ4v) is 1.76. The van der Waals surface area contributed by atoms with E-state index in [2.05, 4.69) is 6.92 Å². The second-order valence-electron chi connectivity index (χ2n) is 3.98. The maximum Gasteiger partial charge on any atom is 0.189 e. The van der Waals surface area contributed by atoms with Gasteiger partial charge in [0, 0.05) is 5.92 Å². The second-order valence-corrected chi connectivity index (χ2v) is 3.98. The molecule has 2 nitrogen and oxygen atoms in total. The summed E-state index contributed by atoms with van der Waals surface area (Å²) in [5, 5.41) is 19.2. The molecular weight excluding hydrogens is 176 g/mol. The quantitative estimate of drug-likeness (QED) is 0.678. The highest BCUT2D eigenvalue weighted by molar-refractivity contribution is 5.27. The molecule has 1 rings (SSSR count). The summed E-state index contributed by atoms with van der Waals surface area (Å²) in [6.45, 7) is 4.13. The van der Waals surface area contributed by atoms with E-state index in [4.69, 9.17) is 0 Å². The average Bonchev–Trinajstić information content (AvgIpc) is 2.16. The molecule has 0 aliphatic heterocycles. The summed E-state index contributed by atoms with van der Waals surface area (Å²) in [5.74, 6) is -1.79. The molecule has 0 bridgehead atoms. The van der Waals surface area contributed by atoms with Crippen LogP contribution in [0.5, 0.6) is 0 Å². The summed E-state index contributed by atoms with van der Waals surface area (Å²) >= 11 is 0. The van der Waals surface area contributed by atoms with Crippen molar-refractivity contribution in [2.75, 3.05) is 0 Å². The molecule has 0 aromatic rings. The molecular formula is C12H20O2. The van der Waals surface area contributed by atoms with Crippen LogP contribution in [0.3, 0.4) is 0 Å². The molecule has 0 saturated carbocycles. The van der Waals surface area contributed by atoms with Crippen LogP contribution in [0.2, 0.25) is 0 Å². The van der Waals surface area contributed by atoms with Crippen molar-refractivity contribution in [3.05, 3.63) is 23.8 Å². The van der Waals surface area contributed by atoms with E-state index in [0.29, 0.717) is 0 Å². The zero-order valence-electron chi connectivity index (χ0n) is 9.03. The lowest BCUT2D eigenvalue weighted by atomic mass is 9.87. The monoisotopic (exact) mass is 196 g/mol. The van der Waals surface area contributed by atoms with Crippen molar-refractivity contribution in [3.63, 3.8) is 0 Å². The smallest absolute Gasteiger partial charge is 0.189 e. The first-order valence-electron chi connectivity index (χ1n) is 5.44. The highest BCUT2D eigenvalue weighted by atomic mass is 16.5. The zero-order chi connectivity index (χ0) is 10.6. The van der Waals surface area contributed by atoms with Crippen molar-refractivity contribution >= 4 is 0 Å². The molecule has 1 aliphatic carbocycles. The Hall–Kier alpha value is -0.600. The first kappa shape index (κ1) is 11.5. The highest BCUT2D eigenvalue weighted by Crippen LogP contribution is 2.29. The van der Waals surface area contributed by atoms with Crippen molar-refractivity contribution in [1.29, 1.82) is 0 Å². The summed E-state index contributed by atoms with van der Waals surface area (Å²) in [6, 6.07) is 0. The van der Waals surface area contributed by atoms with Crippen LogP contribution < -0.4 is 0 Å². The number of hydrogen-bond acceptors (Lipinski definition) is 2. The molecule has 2 heteroatoms. The molecule has 0 amide bonds. The van der Waals surface area contributed by atoms with Gasteiger partial charge in [0.1, 0.15) is 0 Å². The molecule has 0 aromatic carbocycles. The molecule has 1 unspecified atom stereocenters. The Morgan fingerprint density at radius 3 is 2.64 bits per heavy atom. The predicted octanol–water partition coefficient (Wildman–Crippen LogP) is 2.38. The van der Waals surface area contributed by atoms with Gasteiger partial charge < -0.3 is 10.2 Å². The van der Waals surface area contributed by atoms with E-state index in [1.807, 2.05) is 19.1 Å². The van der Waals surface area contributed by atoms with E-state index >= 15 is 0 Å². The maximum absolute atomic E-state index is 9.60. The summed E-state index contributed by atoms with van der Waals surface area (Å²) < 4.78 is 0. The van der Waals surface area contributed by atoms with E-state index in [-0.39, 0.29) is 5.92 Å². The Kier molecular flexibility index (Phi) is 3.90. The van der Waals surface area contributed by atoms with Crippen LogP contribution in [-0.2, 0) is 0 Å². The fraction of sp³-hybridized carbons (Fsp3) is 0.667. The minimum Gasteiger partial charge on any atom is -0.362 e. The standard InChI is InChI=1S/C12H20O2/c1-3-5-6-10-7-8-12(13,14)11(4-2)9-10/h7-9,11,13-14H,3-6H2,1-2H3. The lowest BCUT2D eigenvalue weighted by molar-refractivity contribution is -0.149. The molecule has 0 aromatic heterocycles. The van der Waals surface area contributed by atoms with Crippen molar-refractivity contribution in [3.8, 4) is 0 Å². The molecule has 1 atom stereocenters. The van der Waals surface area contributed by atoms with Crippen LogP contribution in [0.15, 0.2) is 23.8 Å². The summed E-state index contributed by atoms with van der Waals surface area (Å²) in [4.78, 5) is 0. The van der Waals surface area contributed by atoms with Gasteiger partial charge in [-0.25, -0.2) is 0 Å². The third kappa shape index (κ3) is 2.69. The van der Waals surface area contributed by atoms with Gasteiger partial charge in [-0.3, -0.25) is 0 Å². The highest BCUT2D eigenvalue weighted by Gasteiger charge is 2.31. The molecule has 0 spiro atoms. The Labute approximate surface area is 86.0 Å². The second kappa shape index (κ2) is 4.76. The van der Waals surface area contributed by atoms with Crippen LogP contribution in [0.1, 0.15) is 39.5 Å². The number of rotatable bonds is 4. The van der Waals surface area contributed by atoms with Gasteiger partial charge in [-0.15, -0.1) is 0 Å². The molecule has 14 heavy (non-hydrogen) atoms. The number of hydrogen-bond donors (Lipinski definition) is 2. The maximum atomic E-state index is 9.60. The molecule has 1 aliphatic rings. The third-order valence-electron chi connectivity index (χ3n) is 2.76. The van der Waals surface area contributed by atoms with E-state index in [1.54, 1.807) is 0 Å². The Morgan fingerprint density at radius 1 is 1.36 bits per heavy atom. The van der Waals surface area contributed by atoms with E-state index in [9.17, 15) is 10.2 Å². The van der Waals surface area contributed by atoms with Crippen molar-refractivity contribution in [2.24, 2.45) is 5.92 Å². The van der Waals surface area contributed by atoms with E-state index in [1.165, 1.54) is 18.1 Å². The van der Waals surface area contributed by atoms with Crippen molar-refractivity contribution in [1.82, 2.24) is 0 Å². The molecule has 2 N–H and O–H groups in total. The lowest BCUT2D eigenvalue weighted by Gasteiger charge is -2.29. The fourth-order valence-electron chi connectivity index (χ4n) is 1.76. The van der Waals surface area contributed by atoms with E-state index in [0.717, 1.165) is 19.3 Å². The van der Waals surface area contributed by atoms with Gasteiger partial charge in [-0.1, -0.05) is 38.0 Å². The molecule has 0 saturated heterocycles. The van der Waals surface area contributed by atoms with Gasteiger partial charge >= 0.3 is 0 Å². The van der Waals surface area contributed by atoms with Gasteiger partial charge in [0.25, 0.3) is 0 Å². The van der Waals surface area contributed by atoms with E-state index < -0.39 is 5.79 Å². The van der Waals surface area contributed by atoms with Gasteiger partial charge in [0.15, 0.2) is 5.79 Å².